The zero-order valence-electron chi connectivity index (χ0n) is 12.3. The van der Waals surface area contributed by atoms with Crippen LogP contribution in [0.5, 0.6) is 0 Å². The highest BCUT2D eigenvalue weighted by atomic mass is 16.5. The second kappa shape index (κ2) is 5.15. The summed E-state index contributed by atoms with van der Waals surface area (Å²) in [6.45, 7) is 6.18. The van der Waals surface area contributed by atoms with Gasteiger partial charge in [-0.25, -0.2) is 4.98 Å². The zero-order valence-corrected chi connectivity index (χ0v) is 12.3. The van der Waals surface area contributed by atoms with Gasteiger partial charge in [0, 0.05) is 31.4 Å². The molecule has 21 heavy (non-hydrogen) atoms. The molecule has 2 atom stereocenters. The Bertz CT molecular complexity index is 612. The summed E-state index contributed by atoms with van der Waals surface area (Å²) in [4.78, 5) is 9.42. The fourth-order valence-corrected chi connectivity index (χ4v) is 3.66. The van der Waals surface area contributed by atoms with Gasteiger partial charge in [-0.1, -0.05) is 11.2 Å². The molecule has 0 aliphatic carbocycles. The summed E-state index contributed by atoms with van der Waals surface area (Å²) in [7, 11) is 0. The summed E-state index contributed by atoms with van der Waals surface area (Å²) in [6.07, 6.45) is 3.14. The predicted octanol–water partition coefficient (Wildman–Crippen LogP) is 2.09. The Morgan fingerprint density at radius 1 is 1.33 bits per heavy atom. The molecule has 2 saturated heterocycles. The third kappa shape index (κ3) is 2.42. The first-order chi connectivity index (χ1) is 10.3. The quantitative estimate of drug-likeness (QED) is 0.863. The molecule has 2 aromatic heterocycles. The highest BCUT2D eigenvalue weighted by Crippen LogP contribution is 2.34. The standard InChI is InChI=1S/C16H20N4O/c1-12-8-14(21-18-12)10-19-7-5-13-9-20(11-15(13)19)16-4-2-3-6-17-16/h2-4,6,8,13,15H,5,7,9-11H2,1H3. The van der Waals surface area contributed by atoms with Crippen molar-refractivity contribution in [2.75, 3.05) is 24.5 Å². The van der Waals surface area contributed by atoms with E-state index in [1.807, 2.05) is 25.3 Å². The van der Waals surface area contributed by atoms with Crippen LogP contribution in [0.1, 0.15) is 17.9 Å². The van der Waals surface area contributed by atoms with Gasteiger partial charge in [0.05, 0.1) is 12.2 Å². The lowest BCUT2D eigenvalue weighted by atomic mass is 10.1. The Morgan fingerprint density at radius 3 is 3.05 bits per heavy atom. The Balaban J connectivity index is 1.46. The van der Waals surface area contributed by atoms with E-state index in [-0.39, 0.29) is 0 Å². The molecular weight excluding hydrogens is 264 g/mol. The molecule has 2 aliphatic heterocycles. The molecule has 0 saturated carbocycles. The fraction of sp³-hybridized carbons (Fsp3) is 0.500. The first kappa shape index (κ1) is 12.8. The van der Waals surface area contributed by atoms with Gasteiger partial charge in [-0.15, -0.1) is 0 Å². The Kier molecular flexibility index (Phi) is 3.15. The maximum atomic E-state index is 5.37. The van der Waals surface area contributed by atoms with Crippen LogP contribution in [-0.2, 0) is 6.54 Å². The van der Waals surface area contributed by atoms with Crippen LogP contribution in [0.4, 0.5) is 5.82 Å². The number of fused-ring (bicyclic) bond motifs is 1. The lowest BCUT2D eigenvalue weighted by molar-refractivity contribution is 0.215. The summed E-state index contributed by atoms with van der Waals surface area (Å²) >= 11 is 0. The predicted molar refractivity (Wildman–Crippen MR) is 80.0 cm³/mol. The van der Waals surface area contributed by atoms with Crippen LogP contribution in [0.25, 0.3) is 0 Å². The molecule has 0 amide bonds. The normalized spacial score (nSPS) is 25.5. The summed E-state index contributed by atoms with van der Waals surface area (Å²) in [6, 6.07) is 8.78. The summed E-state index contributed by atoms with van der Waals surface area (Å²) in [5, 5.41) is 3.98. The maximum Gasteiger partial charge on any atom is 0.150 e. The number of rotatable bonds is 3. The second-order valence-corrected chi connectivity index (χ2v) is 6.11. The minimum Gasteiger partial charge on any atom is -0.360 e. The maximum absolute atomic E-state index is 5.37. The van der Waals surface area contributed by atoms with Crippen LogP contribution in [-0.4, -0.2) is 40.7 Å². The number of pyridine rings is 1. The number of aryl methyl sites for hydroxylation is 1. The van der Waals surface area contributed by atoms with Gasteiger partial charge in [-0.3, -0.25) is 4.90 Å². The smallest absolute Gasteiger partial charge is 0.150 e. The average molecular weight is 284 g/mol. The molecule has 2 aliphatic rings. The first-order valence-corrected chi connectivity index (χ1v) is 7.62. The van der Waals surface area contributed by atoms with Crippen LogP contribution >= 0.6 is 0 Å². The van der Waals surface area contributed by atoms with Crippen molar-refractivity contribution >= 4 is 5.82 Å². The van der Waals surface area contributed by atoms with Gasteiger partial charge in [0.15, 0.2) is 5.76 Å². The molecule has 5 nitrogen and oxygen atoms in total. The van der Waals surface area contributed by atoms with E-state index in [0.717, 1.165) is 49.4 Å². The highest BCUT2D eigenvalue weighted by Gasteiger charge is 2.41. The summed E-state index contributed by atoms with van der Waals surface area (Å²) < 4.78 is 5.37. The first-order valence-electron chi connectivity index (χ1n) is 7.62. The number of hydrogen-bond acceptors (Lipinski definition) is 5. The van der Waals surface area contributed by atoms with Crippen molar-refractivity contribution in [2.45, 2.75) is 25.9 Å². The van der Waals surface area contributed by atoms with Crippen LogP contribution in [0.3, 0.4) is 0 Å². The van der Waals surface area contributed by atoms with Crippen LogP contribution in [0, 0.1) is 12.8 Å². The highest BCUT2D eigenvalue weighted by molar-refractivity contribution is 5.40. The van der Waals surface area contributed by atoms with Gasteiger partial charge in [0.2, 0.25) is 0 Å². The minimum atomic E-state index is 0.609. The van der Waals surface area contributed by atoms with E-state index in [1.165, 1.54) is 6.42 Å². The van der Waals surface area contributed by atoms with Gasteiger partial charge in [-0.05, 0) is 37.9 Å². The SMILES string of the molecule is Cc1cc(CN2CCC3CN(c4ccccn4)CC32)on1. The third-order valence-corrected chi connectivity index (χ3v) is 4.67. The fourth-order valence-electron chi connectivity index (χ4n) is 3.66. The number of aromatic nitrogens is 2. The lowest BCUT2D eigenvalue weighted by Crippen LogP contribution is -2.34. The number of hydrogen-bond donors (Lipinski definition) is 0. The molecule has 2 aromatic rings. The third-order valence-electron chi connectivity index (χ3n) is 4.67. The molecule has 0 spiro atoms. The van der Waals surface area contributed by atoms with Gasteiger partial charge in [0.25, 0.3) is 0 Å². The Labute approximate surface area is 124 Å². The average Bonchev–Trinajstić information content (AvgIpc) is 3.18. The minimum absolute atomic E-state index is 0.609. The number of anilines is 1. The lowest BCUT2D eigenvalue weighted by Gasteiger charge is -2.24. The summed E-state index contributed by atoms with van der Waals surface area (Å²) in [5.74, 6) is 2.82. The second-order valence-electron chi connectivity index (χ2n) is 6.11. The van der Waals surface area contributed by atoms with E-state index < -0.39 is 0 Å². The molecule has 4 heterocycles. The largest absolute Gasteiger partial charge is 0.360 e. The van der Waals surface area contributed by atoms with Crippen molar-refractivity contribution in [3.8, 4) is 0 Å². The molecule has 0 N–H and O–H groups in total. The van der Waals surface area contributed by atoms with Crippen molar-refractivity contribution in [1.82, 2.24) is 15.0 Å². The molecule has 0 radical (unpaired) electrons. The van der Waals surface area contributed by atoms with E-state index in [1.54, 1.807) is 0 Å². The van der Waals surface area contributed by atoms with E-state index >= 15 is 0 Å². The van der Waals surface area contributed by atoms with Crippen LogP contribution in [0.15, 0.2) is 35.0 Å². The van der Waals surface area contributed by atoms with E-state index in [4.69, 9.17) is 4.52 Å². The van der Waals surface area contributed by atoms with E-state index in [0.29, 0.717) is 6.04 Å². The van der Waals surface area contributed by atoms with E-state index in [9.17, 15) is 0 Å². The molecule has 0 bridgehead atoms. The van der Waals surface area contributed by atoms with Crippen molar-refractivity contribution < 1.29 is 4.52 Å². The molecular formula is C16H20N4O. The Morgan fingerprint density at radius 2 is 2.29 bits per heavy atom. The Hall–Kier alpha value is -1.88. The van der Waals surface area contributed by atoms with Crippen LogP contribution < -0.4 is 4.90 Å². The molecule has 2 fully saturated rings. The number of likely N-dealkylation sites (tertiary alicyclic amines) is 1. The molecule has 110 valence electrons. The zero-order chi connectivity index (χ0) is 14.2. The monoisotopic (exact) mass is 284 g/mol. The molecule has 4 rings (SSSR count). The van der Waals surface area contributed by atoms with Gasteiger partial charge in [0.1, 0.15) is 5.82 Å². The van der Waals surface area contributed by atoms with Crippen molar-refractivity contribution in [3.05, 3.63) is 41.9 Å². The van der Waals surface area contributed by atoms with Gasteiger partial charge in [-0.2, -0.15) is 0 Å². The number of nitrogens with zero attached hydrogens (tertiary/aromatic N) is 4. The van der Waals surface area contributed by atoms with Gasteiger partial charge >= 0.3 is 0 Å². The topological polar surface area (TPSA) is 45.4 Å². The van der Waals surface area contributed by atoms with Crippen molar-refractivity contribution in [2.24, 2.45) is 5.92 Å². The molecule has 2 unspecified atom stereocenters. The van der Waals surface area contributed by atoms with Crippen molar-refractivity contribution in [3.63, 3.8) is 0 Å². The molecule has 0 aromatic carbocycles. The van der Waals surface area contributed by atoms with E-state index in [2.05, 4.69) is 32.1 Å². The van der Waals surface area contributed by atoms with Crippen LogP contribution in [0.2, 0.25) is 0 Å². The summed E-state index contributed by atoms with van der Waals surface area (Å²) in [5.41, 5.74) is 0.960. The molecule has 5 heteroatoms. The van der Waals surface area contributed by atoms with Gasteiger partial charge < -0.3 is 9.42 Å². The van der Waals surface area contributed by atoms with Crippen molar-refractivity contribution in [1.29, 1.82) is 0 Å².